The van der Waals surface area contributed by atoms with E-state index in [1.54, 1.807) is 10.9 Å². The van der Waals surface area contributed by atoms with Crippen LogP contribution in [0, 0.1) is 0 Å². The van der Waals surface area contributed by atoms with Gasteiger partial charge in [-0.3, -0.25) is 4.68 Å². The summed E-state index contributed by atoms with van der Waals surface area (Å²) in [6, 6.07) is 0. The Hall–Kier alpha value is -2.37. The predicted octanol–water partition coefficient (Wildman–Crippen LogP) is 1.49. The van der Waals surface area contributed by atoms with E-state index in [9.17, 15) is 4.79 Å². The van der Waals surface area contributed by atoms with E-state index in [-0.39, 0.29) is 5.56 Å². The normalized spacial score (nSPS) is 10.5. The summed E-state index contributed by atoms with van der Waals surface area (Å²) in [4.78, 5) is 15.2. The number of aryl methyl sites for hydroxylation is 1. The standard InChI is InChI=1S/C12H14N4O2/c1-3-11-14-10(7-15(11)4-2)8-16-6-9(5-13-16)12(17)18/h4-7H,2-3,8H2,1H3,(H,17,18). The van der Waals surface area contributed by atoms with E-state index in [4.69, 9.17) is 5.11 Å². The summed E-state index contributed by atoms with van der Waals surface area (Å²) in [5, 5.41) is 12.8. The molecule has 2 aromatic rings. The second kappa shape index (κ2) is 4.87. The Morgan fingerprint density at radius 3 is 2.83 bits per heavy atom. The Balaban J connectivity index is 2.20. The van der Waals surface area contributed by atoms with Gasteiger partial charge in [0.2, 0.25) is 0 Å². The summed E-state index contributed by atoms with van der Waals surface area (Å²) in [7, 11) is 0. The van der Waals surface area contributed by atoms with Gasteiger partial charge in [0, 0.05) is 25.0 Å². The van der Waals surface area contributed by atoms with Crippen molar-refractivity contribution >= 4 is 12.2 Å². The largest absolute Gasteiger partial charge is 0.478 e. The van der Waals surface area contributed by atoms with Crippen molar-refractivity contribution < 1.29 is 9.90 Å². The SMILES string of the molecule is C=Cn1cc(Cn2cc(C(=O)O)cn2)nc1CC. The van der Waals surface area contributed by atoms with E-state index in [1.165, 1.54) is 12.4 Å². The van der Waals surface area contributed by atoms with Gasteiger partial charge in [-0.25, -0.2) is 9.78 Å². The second-order valence-electron chi connectivity index (χ2n) is 3.82. The number of carboxylic acid groups (broad SMARTS) is 1. The molecular weight excluding hydrogens is 232 g/mol. The maximum Gasteiger partial charge on any atom is 0.338 e. The first-order valence-corrected chi connectivity index (χ1v) is 5.59. The van der Waals surface area contributed by atoms with Crippen LogP contribution >= 0.6 is 0 Å². The zero-order chi connectivity index (χ0) is 13.1. The van der Waals surface area contributed by atoms with Crippen molar-refractivity contribution in [2.45, 2.75) is 19.9 Å². The molecular formula is C12H14N4O2. The molecule has 0 aliphatic rings. The predicted molar refractivity (Wildman–Crippen MR) is 66.3 cm³/mol. The second-order valence-corrected chi connectivity index (χ2v) is 3.82. The first kappa shape index (κ1) is 12.1. The van der Waals surface area contributed by atoms with E-state index in [0.717, 1.165) is 17.9 Å². The molecule has 0 aliphatic carbocycles. The average Bonchev–Trinajstić information content (AvgIpc) is 2.95. The monoisotopic (exact) mass is 246 g/mol. The number of aromatic nitrogens is 4. The minimum atomic E-state index is -0.980. The van der Waals surface area contributed by atoms with E-state index in [1.807, 2.05) is 17.7 Å². The van der Waals surface area contributed by atoms with Gasteiger partial charge in [0.25, 0.3) is 0 Å². The molecule has 0 spiro atoms. The van der Waals surface area contributed by atoms with Crippen molar-refractivity contribution in [3.63, 3.8) is 0 Å². The summed E-state index contributed by atoms with van der Waals surface area (Å²) < 4.78 is 3.41. The van der Waals surface area contributed by atoms with Crippen LogP contribution in [0.5, 0.6) is 0 Å². The number of aromatic carboxylic acids is 1. The summed E-state index contributed by atoms with van der Waals surface area (Å²) in [5.41, 5.74) is 1.00. The lowest BCUT2D eigenvalue weighted by atomic mass is 10.4. The van der Waals surface area contributed by atoms with E-state index >= 15 is 0 Å². The molecule has 2 rings (SSSR count). The Bertz CT molecular complexity index is 583. The molecule has 0 saturated heterocycles. The summed E-state index contributed by atoms with van der Waals surface area (Å²) in [6.45, 7) is 6.17. The highest BCUT2D eigenvalue weighted by Gasteiger charge is 2.08. The molecule has 0 fully saturated rings. The van der Waals surface area contributed by atoms with E-state index < -0.39 is 5.97 Å². The summed E-state index contributed by atoms with van der Waals surface area (Å²) in [6.07, 6.45) is 7.19. The smallest absolute Gasteiger partial charge is 0.338 e. The van der Waals surface area contributed by atoms with Crippen LogP contribution in [0.25, 0.3) is 6.20 Å². The molecule has 0 aromatic carbocycles. The van der Waals surface area contributed by atoms with Gasteiger partial charge in [-0.05, 0) is 0 Å². The van der Waals surface area contributed by atoms with Gasteiger partial charge in [0.1, 0.15) is 5.82 Å². The van der Waals surface area contributed by atoms with E-state index in [2.05, 4.69) is 16.7 Å². The molecule has 6 heteroatoms. The number of nitrogens with zero attached hydrogens (tertiary/aromatic N) is 4. The molecule has 2 heterocycles. The number of rotatable bonds is 5. The quantitative estimate of drug-likeness (QED) is 0.867. The Kier molecular flexibility index (Phi) is 3.27. The summed E-state index contributed by atoms with van der Waals surface area (Å²) in [5.74, 6) is -0.0577. The van der Waals surface area contributed by atoms with Gasteiger partial charge >= 0.3 is 5.97 Å². The number of hydrogen-bond acceptors (Lipinski definition) is 3. The highest BCUT2D eigenvalue weighted by Crippen LogP contribution is 2.07. The Labute approximate surface area is 104 Å². The van der Waals surface area contributed by atoms with Crippen LogP contribution in [-0.4, -0.2) is 30.4 Å². The van der Waals surface area contributed by atoms with Crippen molar-refractivity contribution in [3.8, 4) is 0 Å². The highest BCUT2D eigenvalue weighted by atomic mass is 16.4. The number of hydrogen-bond donors (Lipinski definition) is 1. The van der Waals surface area contributed by atoms with E-state index in [0.29, 0.717) is 6.54 Å². The molecule has 18 heavy (non-hydrogen) atoms. The fourth-order valence-corrected chi connectivity index (χ4v) is 1.71. The number of imidazole rings is 1. The van der Waals surface area contributed by atoms with Gasteiger partial charge in [-0.2, -0.15) is 5.10 Å². The first-order valence-electron chi connectivity index (χ1n) is 5.59. The molecule has 1 N–H and O–H groups in total. The Morgan fingerprint density at radius 1 is 1.56 bits per heavy atom. The molecule has 6 nitrogen and oxygen atoms in total. The van der Waals surface area contributed by atoms with Gasteiger partial charge in [0.15, 0.2) is 0 Å². The maximum absolute atomic E-state index is 10.7. The first-order chi connectivity index (χ1) is 8.63. The minimum Gasteiger partial charge on any atom is -0.478 e. The molecule has 0 aliphatic heterocycles. The molecule has 0 amide bonds. The maximum atomic E-state index is 10.7. The molecule has 0 bridgehead atoms. The minimum absolute atomic E-state index is 0.175. The van der Waals surface area contributed by atoms with Crippen LogP contribution < -0.4 is 0 Å². The van der Waals surface area contributed by atoms with Gasteiger partial charge < -0.3 is 9.67 Å². The van der Waals surface area contributed by atoms with Crippen LogP contribution in [0.1, 0.15) is 28.8 Å². The lowest BCUT2D eigenvalue weighted by molar-refractivity contribution is 0.0697. The zero-order valence-corrected chi connectivity index (χ0v) is 10.1. The van der Waals surface area contributed by atoms with Crippen LogP contribution in [0.2, 0.25) is 0 Å². The fourth-order valence-electron chi connectivity index (χ4n) is 1.71. The van der Waals surface area contributed by atoms with Crippen LogP contribution in [-0.2, 0) is 13.0 Å². The zero-order valence-electron chi connectivity index (χ0n) is 10.1. The van der Waals surface area contributed by atoms with Crippen molar-refractivity contribution in [1.29, 1.82) is 0 Å². The van der Waals surface area contributed by atoms with Gasteiger partial charge in [-0.1, -0.05) is 13.5 Å². The fraction of sp³-hybridized carbons (Fsp3) is 0.250. The van der Waals surface area contributed by atoms with Crippen molar-refractivity contribution in [1.82, 2.24) is 19.3 Å². The number of carboxylic acids is 1. The van der Waals surface area contributed by atoms with Crippen molar-refractivity contribution in [3.05, 3.63) is 42.3 Å². The molecule has 0 unspecified atom stereocenters. The molecule has 0 saturated carbocycles. The third kappa shape index (κ3) is 2.32. The van der Waals surface area contributed by atoms with Crippen LogP contribution in [0.15, 0.2) is 25.2 Å². The topological polar surface area (TPSA) is 72.9 Å². The van der Waals surface area contributed by atoms with Crippen molar-refractivity contribution in [2.24, 2.45) is 0 Å². The summed E-state index contributed by atoms with van der Waals surface area (Å²) >= 11 is 0. The van der Waals surface area contributed by atoms with Crippen LogP contribution in [0.4, 0.5) is 0 Å². The average molecular weight is 246 g/mol. The van der Waals surface area contributed by atoms with Gasteiger partial charge in [0.05, 0.1) is 24.0 Å². The molecule has 0 atom stereocenters. The van der Waals surface area contributed by atoms with Crippen molar-refractivity contribution in [2.75, 3.05) is 0 Å². The molecule has 0 radical (unpaired) electrons. The molecule has 2 aromatic heterocycles. The van der Waals surface area contributed by atoms with Gasteiger partial charge in [-0.15, -0.1) is 0 Å². The third-order valence-electron chi connectivity index (χ3n) is 2.58. The lowest BCUT2D eigenvalue weighted by Gasteiger charge is -1.95. The highest BCUT2D eigenvalue weighted by molar-refractivity contribution is 5.86. The Morgan fingerprint density at radius 2 is 2.33 bits per heavy atom. The number of carbonyl (C=O) groups is 1. The lowest BCUT2D eigenvalue weighted by Crippen LogP contribution is -2.01. The molecule has 94 valence electrons. The third-order valence-corrected chi connectivity index (χ3v) is 2.58. The van der Waals surface area contributed by atoms with Crippen LogP contribution in [0.3, 0.4) is 0 Å².